The summed E-state index contributed by atoms with van der Waals surface area (Å²) in [5.74, 6) is -0.449. The molecule has 28 heavy (non-hydrogen) atoms. The number of rotatable bonds is 6. The van der Waals surface area contributed by atoms with E-state index in [2.05, 4.69) is 21.6 Å². The van der Waals surface area contributed by atoms with Crippen LogP contribution in [0.2, 0.25) is 10.0 Å². The van der Waals surface area contributed by atoms with Crippen molar-refractivity contribution < 1.29 is 9.59 Å². The third-order valence-electron chi connectivity index (χ3n) is 4.65. The summed E-state index contributed by atoms with van der Waals surface area (Å²) >= 11 is 11.8. The van der Waals surface area contributed by atoms with Gasteiger partial charge in [-0.25, -0.2) is 0 Å². The van der Waals surface area contributed by atoms with Crippen molar-refractivity contribution in [2.75, 3.05) is 23.3 Å². The van der Waals surface area contributed by atoms with Gasteiger partial charge in [0.25, 0.3) is 5.91 Å². The molecule has 2 N–H and O–H groups in total. The van der Waals surface area contributed by atoms with Crippen LogP contribution >= 0.6 is 23.2 Å². The molecule has 0 aliphatic carbocycles. The molecule has 0 aromatic heterocycles. The van der Waals surface area contributed by atoms with Crippen LogP contribution in [0.15, 0.2) is 42.5 Å². The van der Waals surface area contributed by atoms with Crippen molar-refractivity contribution in [3.8, 4) is 0 Å². The van der Waals surface area contributed by atoms with Crippen LogP contribution < -0.4 is 15.5 Å². The third kappa shape index (κ3) is 5.40. The summed E-state index contributed by atoms with van der Waals surface area (Å²) in [5.41, 5.74) is 2.29. The molecule has 1 fully saturated rings. The molecule has 7 heteroatoms. The first-order valence-corrected chi connectivity index (χ1v) is 10.1. The number of nitrogens with one attached hydrogen (secondary N) is 2. The van der Waals surface area contributed by atoms with E-state index in [1.807, 2.05) is 18.2 Å². The van der Waals surface area contributed by atoms with E-state index in [1.165, 1.54) is 18.9 Å². The lowest BCUT2D eigenvalue weighted by molar-refractivity contribution is -0.116. The Balaban J connectivity index is 1.53. The highest BCUT2D eigenvalue weighted by Crippen LogP contribution is 2.24. The lowest BCUT2D eigenvalue weighted by Gasteiger charge is -2.19. The van der Waals surface area contributed by atoms with Crippen LogP contribution in [0.3, 0.4) is 0 Å². The molecule has 148 valence electrons. The van der Waals surface area contributed by atoms with Crippen LogP contribution in [-0.2, 0) is 4.79 Å². The average Bonchev–Trinajstić information content (AvgIpc) is 3.18. The van der Waals surface area contributed by atoms with Gasteiger partial charge in [0.1, 0.15) is 0 Å². The minimum atomic E-state index is -0.330. The monoisotopic (exact) mass is 419 g/mol. The molecular formula is C21H23Cl2N3O2. The van der Waals surface area contributed by atoms with Crippen LogP contribution in [0.1, 0.15) is 36.5 Å². The van der Waals surface area contributed by atoms with Crippen molar-refractivity contribution in [2.45, 2.75) is 32.2 Å². The van der Waals surface area contributed by atoms with Gasteiger partial charge in [0.2, 0.25) is 5.91 Å². The zero-order valence-electron chi connectivity index (χ0n) is 15.7. The van der Waals surface area contributed by atoms with Crippen molar-refractivity contribution in [3.63, 3.8) is 0 Å². The fraction of sp³-hybridized carbons (Fsp3) is 0.333. The van der Waals surface area contributed by atoms with Gasteiger partial charge in [0.15, 0.2) is 0 Å². The molecule has 1 saturated heterocycles. The molecule has 5 nitrogen and oxygen atoms in total. The van der Waals surface area contributed by atoms with E-state index < -0.39 is 0 Å². The maximum Gasteiger partial charge on any atom is 0.251 e. The highest BCUT2D eigenvalue weighted by Gasteiger charge is 2.16. The number of benzene rings is 2. The number of halogens is 2. The maximum atomic E-state index is 12.4. The summed E-state index contributed by atoms with van der Waals surface area (Å²) in [7, 11) is 0. The highest BCUT2D eigenvalue weighted by atomic mass is 35.5. The molecule has 0 saturated carbocycles. The molecule has 1 aliphatic rings. The summed E-state index contributed by atoms with van der Waals surface area (Å²) in [6.07, 6.45) is 2.57. The minimum Gasteiger partial charge on any atom is -0.371 e. The molecule has 1 atom stereocenters. The SMILES string of the molecule is CC(CC(=O)Nc1cccc(N2CCCC2)c1)NC(=O)c1ccc(Cl)c(Cl)c1. The minimum absolute atomic E-state index is 0.152. The molecule has 1 heterocycles. The Bertz CT molecular complexity index is 866. The Morgan fingerprint density at radius 3 is 2.54 bits per heavy atom. The van der Waals surface area contributed by atoms with E-state index in [-0.39, 0.29) is 24.3 Å². The molecule has 2 aromatic carbocycles. The second kappa shape index (κ2) is 9.30. The summed E-state index contributed by atoms with van der Waals surface area (Å²) in [6, 6.07) is 12.2. The average molecular weight is 420 g/mol. The Kier molecular flexibility index (Phi) is 6.81. The number of carbonyl (C=O) groups excluding carboxylic acids is 2. The Morgan fingerprint density at radius 1 is 1.07 bits per heavy atom. The predicted octanol–water partition coefficient (Wildman–Crippen LogP) is 4.74. The maximum absolute atomic E-state index is 12.4. The van der Waals surface area contributed by atoms with Crippen LogP contribution in [0, 0.1) is 0 Å². The van der Waals surface area contributed by atoms with Gasteiger partial charge in [-0.05, 0) is 56.2 Å². The predicted molar refractivity (Wildman–Crippen MR) is 115 cm³/mol. The van der Waals surface area contributed by atoms with E-state index in [9.17, 15) is 9.59 Å². The summed E-state index contributed by atoms with van der Waals surface area (Å²) < 4.78 is 0. The van der Waals surface area contributed by atoms with Gasteiger partial charge in [-0.2, -0.15) is 0 Å². The first-order valence-electron chi connectivity index (χ1n) is 9.33. The fourth-order valence-electron chi connectivity index (χ4n) is 3.24. The van der Waals surface area contributed by atoms with Crippen LogP contribution in [0.5, 0.6) is 0 Å². The normalized spacial score (nSPS) is 14.6. The van der Waals surface area contributed by atoms with Crippen LogP contribution in [0.4, 0.5) is 11.4 Å². The molecule has 3 rings (SSSR count). The topological polar surface area (TPSA) is 61.4 Å². The number of carbonyl (C=O) groups is 2. The Labute approximate surface area is 175 Å². The van der Waals surface area contributed by atoms with Crippen LogP contribution in [0.25, 0.3) is 0 Å². The number of nitrogens with zero attached hydrogens (tertiary/aromatic N) is 1. The van der Waals surface area contributed by atoms with Gasteiger partial charge in [-0.3, -0.25) is 9.59 Å². The van der Waals surface area contributed by atoms with Crippen molar-refractivity contribution in [2.24, 2.45) is 0 Å². The van der Waals surface area contributed by atoms with E-state index in [4.69, 9.17) is 23.2 Å². The lowest BCUT2D eigenvalue weighted by Crippen LogP contribution is -2.35. The summed E-state index contributed by atoms with van der Waals surface area (Å²) in [5, 5.41) is 6.42. The van der Waals surface area contributed by atoms with Gasteiger partial charge in [-0.15, -0.1) is 0 Å². The quantitative estimate of drug-likeness (QED) is 0.710. The van der Waals surface area contributed by atoms with E-state index in [1.54, 1.807) is 19.1 Å². The first-order chi connectivity index (χ1) is 13.4. The molecule has 2 aromatic rings. The van der Waals surface area contributed by atoms with Crippen molar-refractivity contribution in [1.82, 2.24) is 5.32 Å². The lowest BCUT2D eigenvalue weighted by atomic mass is 10.1. The molecule has 0 spiro atoms. The second-order valence-corrected chi connectivity index (χ2v) is 7.81. The second-order valence-electron chi connectivity index (χ2n) is 7.00. The van der Waals surface area contributed by atoms with Crippen molar-refractivity contribution in [1.29, 1.82) is 0 Å². The standard InChI is InChI=1S/C21H23Cl2N3O2/c1-14(24-21(28)15-7-8-18(22)19(23)12-15)11-20(27)25-16-5-4-6-17(13-16)26-9-2-3-10-26/h4-8,12-14H,2-3,9-11H2,1H3,(H,24,28)(H,25,27). The van der Waals surface area contributed by atoms with Gasteiger partial charge >= 0.3 is 0 Å². The van der Waals surface area contributed by atoms with Gasteiger partial charge in [-0.1, -0.05) is 29.3 Å². The first kappa shape index (κ1) is 20.5. The number of hydrogen-bond acceptors (Lipinski definition) is 3. The molecule has 1 aliphatic heterocycles. The molecule has 2 amide bonds. The summed E-state index contributed by atoms with van der Waals surface area (Å²) in [6.45, 7) is 3.89. The molecular weight excluding hydrogens is 397 g/mol. The molecule has 0 radical (unpaired) electrons. The number of anilines is 2. The van der Waals surface area contributed by atoms with Crippen molar-refractivity contribution in [3.05, 3.63) is 58.1 Å². The highest BCUT2D eigenvalue weighted by molar-refractivity contribution is 6.42. The third-order valence-corrected chi connectivity index (χ3v) is 5.39. The number of hydrogen-bond donors (Lipinski definition) is 2. The molecule has 1 unspecified atom stereocenters. The van der Waals surface area contributed by atoms with Gasteiger partial charge < -0.3 is 15.5 Å². The largest absolute Gasteiger partial charge is 0.371 e. The van der Waals surface area contributed by atoms with E-state index in [0.717, 1.165) is 24.5 Å². The van der Waals surface area contributed by atoms with E-state index in [0.29, 0.717) is 15.6 Å². The van der Waals surface area contributed by atoms with Crippen LogP contribution in [-0.4, -0.2) is 30.9 Å². The van der Waals surface area contributed by atoms with E-state index >= 15 is 0 Å². The fourth-order valence-corrected chi connectivity index (χ4v) is 3.54. The zero-order chi connectivity index (χ0) is 20.1. The van der Waals surface area contributed by atoms with Gasteiger partial charge in [0, 0.05) is 42.5 Å². The zero-order valence-corrected chi connectivity index (χ0v) is 17.2. The summed E-state index contributed by atoms with van der Waals surface area (Å²) in [4.78, 5) is 27.0. The number of amides is 2. The molecule has 0 bridgehead atoms. The van der Waals surface area contributed by atoms with Gasteiger partial charge in [0.05, 0.1) is 10.0 Å². The van der Waals surface area contributed by atoms with Crippen molar-refractivity contribution >= 4 is 46.4 Å². The Hall–Kier alpha value is -2.24. The Morgan fingerprint density at radius 2 is 1.82 bits per heavy atom. The smallest absolute Gasteiger partial charge is 0.251 e.